The zero-order chi connectivity index (χ0) is 9.68. The van der Waals surface area contributed by atoms with Gasteiger partial charge in [-0.25, -0.2) is 0 Å². The summed E-state index contributed by atoms with van der Waals surface area (Å²) in [5.41, 5.74) is 0.944. The molecule has 66 valence electrons. The Morgan fingerprint density at radius 2 is 1.92 bits per heavy atom. The molecule has 0 amide bonds. The van der Waals surface area contributed by atoms with E-state index in [0.29, 0.717) is 17.5 Å². The van der Waals surface area contributed by atoms with Gasteiger partial charge in [-0.2, -0.15) is 0 Å². The number of aldehydes is 1. The molecule has 1 aromatic rings. The van der Waals surface area contributed by atoms with Crippen LogP contribution in [0.2, 0.25) is 0 Å². The number of nitrogens with zero attached hydrogens (tertiary/aromatic N) is 1. The second kappa shape index (κ2) is 4.15. The average Bonchev–Trinajstić information content (AvgIpc) is 2.19. The van der Waals surface area contributed by atoms with Crippen molar-refractivity contribution in [2.24, 2.45) is 5.18 Å². The molecule has 0 atom stereocenters. The molecule has 0 saturated heterocycles. The predicted octanol–water partition coefficient (Wildman–Crippen LogP) is 2.18. The van der Waals surface area contributed by atoms with E-state index in [9.17, 15) is 9.70 Å². The fourth-order valence-corrected chi connectivity index (χ4v) is 0.836. The highest BCUT2D eigenvalue weighted by Gasteiger charge is 1.93. The molecule has 1 rings (SSSR count). The Bertz CT molecular complexity index is 340. The molecule has 0 saturated carbocycles. The van der Waals surface area contributed by atoms with Crippen LogP contribution in [-0.4, -0.2) is 11.4 Å². The Kier molecular flexibility index (Phi) is 2.92. The Morgan fingerprint density at radius 3 is 2.38 bits per heavy atom. The first-order chi connectivity index (χ1) is 6.26. The minimum absolute atomic E-state index is 0.308. The number of hydrogen-bond acceptors (Lipinski definition) is 4. The monoisotopic (exact) mass is 177 g/mol. The van der Waals surface area contributed by atoms with E-state index in [1.807, 2.05) is 0 Å². The van der Waals surface area contributed by atoms with Gasteiger partial charge < -0.3 is 5.11 Å². The summed E-state index contributed by atoms with van der Waals surface area (Å²) in [4.78, 5) is 20.1. The van der Waals surface area contributed by atoms with E-state index in [1.165, 1.54) is 18.2 Å². The Balaban J connectivity index is 2.92. The zero-order valence-electron chi connectivity index (χ0n) is 6.68. The average molecular weight is 177 g/mol. The van der Waals surface area contributed by atoms with E-state index in [4.69, 9.17) is 5.11 Å². The molecule has 0 radical (unpaired) electrons. The van der Waals surface area contributed by atoms with E-state index >= 15 is 0 Å². The molecule has 1 N–H and O–H groups in total. The van der Waals surface area contributed by atoms with E-state index < -0.39 is 0 Å². The van der Waals surface area contributed by atoms with Crippen molar-refractivity contribution in [3.05, 3.63) is 40.5 Å². The lowest BCUT2D eigenvalue weighted by Crippen LogP contribution is -1.80. The molecule has 0 aliphatic rings. The molecule has 0 unspecified atom stereocenters. The van der Waals surface area contributed by atoms with Gasteiger partial charge in [0.15, 0.2) is 12.0 Å². The molecule has 0 fully saturated rings. The molecule has 4 heteroatoms. The zero-order valence-corrected chi connectivity index (χ0v) is 6.68. The van der Waals surface area contributed by atoms with Crippen molar-refractivity contribution < 1.29 is 9.90 Å². The van der Waals surface area contributed by atoms with Gasteiger partial charge in [-0.05, 0) is 28.9 Å². The van der Waals surface area contributed by atoms with Gasteiger partial charge in [0.25, 0.3) is 0 Å². The van der Waals surface area contributed by atoms with E-state index in [2.05, 4.69) is 5.18 Å². The number of carbonyl (C=O) groups is 1. The first-order valence-electron chi connectivity index (χ1n) is 3.55. The number of aliphatic hydroxyl groups excluding tert-OH is 1. The normalized spacial score (nSPS) is 10.9. The standard InChI is InChI=1S/C9H7NO3/c11-6-9(12)5-7-1-3-8(10-13)4-2-7/h1-6,12H/b9-5-. The lowest BCUT2D eigenvalue weighted by atomic mass is 10.2. The van der Waals surface area contributed by atoms with Crippen molar-refractivity contribution in [1.82, 2.24) is 0 Å². The molecule has 0 spiro atoms. The van der Waals surface area contributed by atoms with Gasteiger partial charge in [-0.15, -0.1) is 4.91 Å². The maximum atomic E-state index is 10.0. The van der Waals surface area contributed by atoms with Crippen molar-refractivity contribution in [1.29, 1.82) is 0 Å². The van der Waals surface area contributed by atoms with Crippen molar-refractivity contribution in [3.63, 3.8) is 0 Å². The van der Waals surface area contributed by atoms with Gasteiger partial charge in [0, 0.05) is 0 Å². The quantitative estimate of drug-likeness (QED) is 0.333. The van der Waals surface area contributed by atoms with E-state index in [1.54, 1.807) is 12.1 Å². The van der Waals surface area contributed by atoms with Crippen LogP contribution in [0.5, 0.6) is 0 Å². The number of rotatable bonds is 3. The molecule has 0 bridgehead atoms. The highest BCUT2D eigenvalue weighted by molar-refractivity contribution is 5.78. The first kappa shape index (κ1) is 9.12. The molecule has 1 aromatic carbocycles. The van der Waals surface area contributed by atoms with Crippen LogP contribution in [0.25, 0.3) is 6.08 Å². The van der Waals surface area contributed by atoms with Crippen LogP contribution >= 0.6 is 0 Å². The topological polar surface area (TPSA) is 66.7 Å². The Labute approximate surface area is 74.5 Å². The van der Waals surface area contributed by atoms with Crippen LogP contribution in [-0.2, 0) is 4.79 Å². The number of nitroso groups, excluding NO2 is 1. The molecular weight excluding hydrogens is 170 g/mol. The van der Waals surface area contributed by atoms with Gasteiger partial charge in [0.1, 0.15) is 5.69 Å². The minimum atomic E-state index is -0.355. The maximum absolute atomic E-state index is 10.0. The summed E-state index contributed by atoms with van der Waals surface area (Å²) in [5.74, 6) is -0.355. The van der Waals surface area contributed by atoms with Crippen LogP contribution < -0.4 is 0 Å². The summed E-state index contributed by atoms with van der Waals surface area (Å²) in [6.45, 7) is 0. The molecular formula is C9H7NO3. The number of allylic oxidation sites excluding steroid dienone is 1. The molecule has 0 aromatic heterocycles. The molecule has 0 heterocycles. The summed E-state index contributed by atoms with van der Waals surface area (Å²) in [7, 11) is 0. The summed E-state index contributed by atoms with van der Waals surface area (Å²) >= 11 is 0. The van der Waals surface area contributed by atoms with Gasteiger partial charge in [-0.3, -0.25) is 4.79 Å². The highest BCUT2D eigenvalue weighted by Crippen LogP contribution is 2.13. The molecule has 0 aliphatic heterocycles. The highest BCUT2D eigenvalue weighted by atomic mass is 16.3. The van der Waals surface area contributed by atoms with Crippen molar-refractivity contribution in [3.8, 4) is 0 Å². The minimum Gasteiger partial charge on any atom is -0.505 e. The summed E-state index contributed by atoms with van der Waals surface area (Å²) in [5, 5.41) is 11.6. The van der Waals surface area contributed by atoms with Gasteiger partial charge >= 0.3 is 0 Å². The van der Waals surface area contributed by atoms with Crippen LogP contribution in [0, 0.1) is 4.91 Å². The Hall–Kier alpha value is -1.97. The van der Waals surface area contributed by atoms with Gasteiger partial charge in [0.2, 0.25) is 0 Å². The van der Waals surface area contributed by atoms with Crippen molar-refractivity contribution >= 4 is 18.0 Å². The van der Waals surface area contributed by atoms with Crippen LogP contribution in [0.4, 0.5) is 5.69 Å². The third kappa shape index (κ3) is 2.52. The third-order valence-corrected chi connectivity index (χ3v) is 1.43. The lowest BCUT2D eigenvalue weighted by Gasteiger charge is -1.92. The second-order valence-corrected chi connectivity index (χ2v) is 2.37. The van der Waals surface area contributed by atoms with Crippen LogP contribution in [0.3, 0.4) is 0 Å². The second-order valence-electron chi connectivity index (χ2n) is 2.37. The van der Waals surface area contributed by atoms with Crippen LogP contribution in [0.1, 0.15) is 5.56 Å². The van der Waals surface area contributed by atoms with Crippen molar-refractivity contribution in [2.45, 2.75) is 0 Å². The summed E-state index contributed by atoms with van der Waals surface area (Å²) < 4.78 is 0. The van der Waals surface area contributed by atoms with Gasteiger partial charge in [-0.1, -0.05) is 12.1 Å². The smallest absolute Gasteiger partial charge is 0.184 e. The van der Waals surface area contributed by atoms with E-state index in [-0.39, 0.29) is 5.76 Å². The lowest BCUT2D eigenvalue weighted by molar-refractivity contribution is -0.106. The predicted molar refractivity (Wildman–Crippen MR) is 48.6 cm³/mol. The number of benzene rings is 1. The van der Waals surface area contributed by atoms with Gasteiger partial charge in [0.05, 0.1) is 0 Å². The number of hydrogen-bond donors (Lipinski definition) is 1. The molecule has 4 nitrogen and oxygen atoms in total. The van der Waals surface area contributed by atoms with Crippen molar-refractivity contribution in [2.75, 3.05) is 0 Å². The number of aliphatic hydroxyl groups is 1. The summed E-state index contributed by atoms with van der Waals surface area (Å²) in [6, 6.07) is 6.15. The van der Waals surface area contributed by atoms with E-state index in [0.717, 1.165) is 0 Å². The third-order valence-electron chi connectivity index (χ3n) is 1.43. The maximum Gasteiger partial charge on any atom is 0.184 e. The largest absolute Gasteiger partial charge is 0.505 e. The fraction of sp³-hybridized carbons (Fsp3) is 0. The SMILES string of the molecule is O=C/C(O)=C/c1ccc(N=O)cc1. The number of carbonyl (C=O) groups excluding carboxylic acids is 1. The molecule has 13 heavy (non-hydrogen) atoms. The summed E-state index contributed by atoms with van der Waals surface area (Å²) in [6.07, 6.45) is 1.63. The van der Waals surface area contributed by atoms with Crippen LogP contribution in [0.15, 0.2) is 35.2 Å². The molecule has 0 aliphatic carbocycles. The Morgan fingerprint density at radius 1 is 1.31 bits per heavy atom. The fourth-order valence-electron chi connectivity index (χ4n) is 0.836. The first-order valence-corrected chi connectivity index (χ1v) is 3.55.